The zero-order valence-electron chi connectivity index (χ0n) is 12.5. The number of aryl methyl sites for hydroxylation is 1. The summed E-state index contributed by atoms with van der Waals surface area (Å²) in [7, 11) is 1.58. The normalized spacial score (nSPS) is 28.6. The highest BCUT2D eigenvalue weighted by atomic mass is 16.5. The maximum atomic E-state index is 12.6. The zero-order valence-corrected chi connectivity index (χ0v) is 12.5. The molecule has 2 aliphatic carbocycles. The molecule has 3 rings (SSSR count). The van der Waals surface area contributed by atoms with Crippen molar-refractivity contribution in [3.8, 4) is 5.75 Å². The van der Waals surface area contributed by atoms with Gasteiger partial charge in [-0.1, -0.05) is 12.2 Å². The van der Waals surface area contributed by atoms with Crippen LogP contribution in [0.4, 0.5) is 5.69 Å². The van der Waals surface area contributed by atoms with E-state index in [0.29, 0.717) is 11.4 Å². The van der Waals surface area contributed by atoms with Gasteiger partial charge in [0.1, 0.15) is 5.75 Å². The molecule has 1 fully saturated rings. The van der Waals surface area contributed by atoms with E-state index in [-0.39, 0.29) is 17.7 Å². The highest BCUT2D eigenvalue weighted by Crippen LogP contribution is 2.48. The van der Waals surface area contributed by atoms with E-state index >= 15 is 0 Å². The summed E-state index contributed by atoms with van der Waals surface area (Å²) in [6.07, 6.45) is 4.57. The van der Waals surface area contributed by atoms with Gasteiger partial charge in [0.05, 0.1) is 13.0 Å². The lowest BCUT2D eigenvalue weighted by molar-refractivity contribution is -0.313. The van der Waals surface area contributed by atoms with E-state index < -0.39 is 17.8 Å². The predicted molar refractivity (Wildman–Crippen MR) is 79.1 cm³/mol. The fourth-order valence-corrected chi connectivity index (χ4v) is 3.62. The third-order valence-corrected chi connectivity index (χ3v) is 4.73. The van der Waals surface area contributed by atoms with Gasteiger partial charge in [-0.3, -0.25) is 4.79 Å². The number of ether oxygens (including phenoxy) is 1. The number of methoxy groups -OCH3 is 1. The molecule has 1 saturated carbocycles. The van der Waals surface area contributed by atoms with Crippen molar-refractivity contribution in [1.82, 2.24) is 0 Å². The van der Waals surface area contributed by atoms with Gasteiger partial charge in [0.25, 0.3) is 0 Å². The number of aliphatic carboxylic acids is 1. The number of allylic oxidation sites excluding steroid dienone is 2. The number of anilines is 1. The molecule has 0 saturated heterocycles. The van der Waals surface area contributed by atoms with E-state index in [1.807, 2.05) is 25.1 Å². The Labute approximate surface area is 129 Å². The van der Waals surface area contributed by atoms with Crippen LogP contribution in [0.5, 0.6) is 5.75 Å². The first-order valence-corrected chi connectivity index (χ1v) is 7.36. The molecule has 1 amide bonds. The molecule has 4 atom stereocenters. The Morgan fingerprint density at radius 2 is 1.91 bits per heavy atom. The first-order valence-electron chi connectivity index (χ1n) is 7.36. The van der Waals surface area contributed by atoms with Crippen molar-refractivity contribution < 1.29 is 19.4 Å². The maximum absolute atomic E-state index is 12.6. The van der Waals surface area contributed by atoms with Crippen LogP contribution < -0.4 is 15.2 Å². The van der Waals surface area contributed by atoms with Gasteiger partial charge in [0.2, 0.25) is 5.91 Å². The lowest BCUT2D eigenvalue weighted by Crippen LogP contribution is -2.42. The number of carbonyl (C=O) groups excluding carboxylic acids is 2. The molecule has 2 aliphatic rings. The van der Waals surface area contributed by atoms with Crippen molar-refractivity contribution in [3.05, 3.63) is 35.9 Å². The van der Waals surface area contributed by atoms with Crippen LogP contribution in [0.2, 0.25) is 0 Å². The molecule has 22 heavy (non-hydrogen) atoms. The van der Waals surface area contributed by atoms with Crippen LogP contribution in [-0.2, 0) is 9.59 Å². The monoisotopic (exact) mass is 300 g/mol. The van der Waals surface area contributed by atoms with Crippen LogP contribution in [-0.4, -0.2) is 19.0 Å². The molecule has 5 nitrogen and oxygen atoms in total. The fraction of sp³-hybridized carbons (Fsp3) is 0.412. The SMILES string of the molecule is COc1ccc(NC(=O)[C@@H]2[C@@H](C(=O)[O-])[C@H]3C=C[C@H]2C3)c(C)c1. The number of nitrogens with one attached hydrogen (secondary N) is 1. The second-order valence-corrected chi connectivity index (χ2v) is 5.99. The highest BCUT2D eigenvalue weighted by Gasteiger charge is 2.48. The summed E-state index contributed by atoms with van der Waals surface area (Å²) in [6, 6.07) is 5.36. The highest BCUT2D eigenvalue weighted by molar-refractivity contribution is 5.96. The number of carbonyl (C=O) groups is 2. The van der Waals surface area contributed by atoms with Crippen LogP contribution >= 0.6 is 0 Å². The fourth-order valence-electron chi connectivity index (χ4n) is 3.62. The van der Waals surface area contributed by atoms with Gasteiger partial charge in [-0.25, -0.2) is 0 Å². The molecule has 1 aromatic rings. The Bertz CT molecular complexity index is 652. The second kappa shape index (κ2) is 5.48. The van der Waals surface area contributed by atoms with Crippen LogP contribution in [0.3, 0.4) is 0 Å². The summed E-state index contributed by atoms with van der Waals surface area (Å²) in [5.41, 5.74) is 1.55. The molecule has 0 aromatic heterocycles. The molecule has 116 valence electrons. The molecular formula is C17H18NO4-. The van der Waals surface area contributed by atoms with Crippen molar-refractivity contribution in [1.29, 1.82) is 0 Å². The Hall–Kier alpha value is -2.30. The van der Waals surface area contributed by atoms with E-state index in [0.717, 1.165) is 12.0 Å². The molecule has 1 N–H and O–H groups in total. The summed E-state index contributed by atoms with van der Waals surface area (Å²) in [4.78, 5) is 23.9. The van der Waals surface area contributed by atoms with Crippen molar-refractivity contribution in [2.24, 2.45) is 23.7 Å². The van der Waals surface area contributed by atoms with E-state index in [9.17, 15) is 14.7 Å². The van der Waals surface area contributed by atoms with Crippen molar-refractivity contribution in [3.63, 3.8) is 0 Å². The van der Waals surface area contributed by atoms with Crippen molar-refractivity contribution >= 4 is 17.6 Å². The molecule has 0 aliphatic heterocycles. The topological polar surface area (TPSA) is 78.5 Å². The number of rotatable bonds is 4. The molecule has 0 radical (unpaired) electrons. The van der Waals surface area contributed by atoms with E-state index in [2.05, 4.69) is 5.32 Å². The first kappa shape index (κ1) is 14.6. The van der Waals surface area contributed by atoms with Crippen LogP contribution in [0.25, 0.3) is 0 Å². The third kappa shape index (κ3) is 2.36. The van der Waals surface area contributed by atoms with Gasteiger partial charge in [0.15, 0.2) is 0 Å². The summed E-state index contributed by atoms with van der Waals surface area (Å²) >= 11 is 0. The minimum absolute atomic E-state index is 0.00791. The summed E-state index contributed by atoms with van der Waals surface area (Å²) < 4.78 is 5.14. The van der Waals surface area contributed by atoms with Gasteiger partial charge in [-0.15, -0.1) is 0 Å². The van der Waals surface area contributed by atoms with E-state index in [1.165, 1.54) is 0 Å². The Morgan fingerprint density at radius 3 is 2.50 bits per heavy atom. The standard InChI is InChI=1S/C17H19NO4/c1-9-7-12(22-2)5-6-13(9)18-16(19)14-10-3-4-11(8-10)15(14)17(20)21/h3-7,10-11,14-15H,8H2,1-2H3,(H,18,19)(H,20,21)/p-1/t10-,11-,14-,15-/m0/s1. The van der Waals surface area contributed by atoms with Crippen LogP contribution in [0.1, 0.15) is 12.0 Å². The van der Waals surface area contributed by atoms with Crippen molar-refractivity contribution in [2.45, 2.75) is 13.3 Å². The predicted octanol–water partition coefficient (Wildman–Crippen LogP) is 1.13. The van der Waals surface area contributed by atoms with Crippen LogP contribution in [0.15, 0.2) is 30.4 Å². The smallest absolute Gasteiger partial charge is 0.228 e. The third-order valence-electron chi connectivity index (χ3n) is 4.73. The number of amides is 1. The zero-order chi connectivity index (χ0) is 15.9. The molecule has 0 unspecified atom stereocenters. The number of hydrogen-bond acceptors (Lipinski definition) is 4. The molecule has 5 heteroatoms. The summed E-state index contributed by atoms with van der Waals surface area (Å²) in [6.45, 7) is 1.87. The van der Waals surface area contributed by atoms with Crippen LogP contribution in [0, 0.1) is 30.6 Å². The van der Waals surface area contributed by atoms with Gasteiger partial charge in [-0.05, 0) is 48.9 Å². The van der Waals surface area contributed by atoms with E-state index in [4.69, 9.17) is 4.74 Å². The second-order valence-electron chi connectivity index (χ2n) is 5.99. The van der Waals surface area contributed by atoms with Gasteiger partial charge < -0.3 is 20.0 Å². The minimum Gasteiger partial charge on any atom is -0.550 e. The number of carboxylic acid groups (broad SMARTS) is 1. The molecule has 2 bridgehead atoms. The number of benzene rings is 1. The lowest BCUT2D eigenvalue weighted by atomic mass is 9.82. The first-order chi connectivity index (χ1) is 10.5. The quantitative estimate of drug-likeness (QED) is 0.846. The van der Waals surface area contributed by atoms with Gasteiger partial charge in [0, 0.05) is 17.6 Å². The molecular weight excluding hydrogens is 282 g/mol. The van der Waals surface area contributed by atoms with Gasteiger partial charge in [-0.2, -0.15) is 0 Å². The minimum atomic E-state index is -1.14. The number of fused-ring (bicyclic) bond motifs is 2. The number of carboxylic acids is 1. The van der Waals surface area contributed by atoms with Gasteiger partial charge >= 0.3 is 0 Å². The Kier molecular flexibility index (Phi) is 3.64. The summed E-state index contributed by atoms with van der Waals surface area (Å²) in [5.74, 6) is -2.04. The molecule has 1 aromatic carbocycles. The lowest BCUT2D eigenvalue weighted by Gasteiger charge is -2.28. The van der Waals surface area contributed by atoms with Crippen molar-refractivity contribution in [2.75, 3.05) is 12.4 Å². The Morgan fingerprint density at radius 1 is 1.23 bits per heavy atom. The maximum Gasteiger partial charge on any atom is 0.228 e. The Balaban J connectivity index is 1.80. The average molecular weight is 300 g/mol. The largest absolute Gasteiger partial charge is 0.550 e. The van der Waals surface area contributed by atoms with E-state index in [1.54, 1.807) is 19.2 Å². The summed E-state index contributed by atoms with van der Waals surface area (Å²) in [5, 5.41) is 14.2. The molecule has 0 heterocycles. The number of hydrogen-bond donors (Lipinski definition) is 1. The molecule has 0 spiro atoms. The average Bonchev–Trinajstić information content (AvgIpc) is 3.09.